The Hall–Kier alpha value is -0.983. The molecule has 5 nitrogen and oxygen atoms in total. The molecular formula is C16H30O5Si. The molecule has 0 amide bonds. The van der Waals surface area contributed by atoms with Crippen molar-refractivity contribution in [2.45, 2.75) is 58.0 Å². The van der Waals surface area contributed by atoms with Gasteiger partial charge >= 0.3 is 5.97 Å². The SMILES string of the molecule is CCOC(=O)C=CCCC[C@H](C=O)OCOCC[Si](C)(C)C. The van der Waals surface area contributed by atoms with E-state index in [9.17, 15) is 9.59 Å². The summed E-state index contributed by atoms with van der Waals surface area (Å²) in [6, 6.07) is 1.08. The third-order valence-electron chi connectivity index (χ3n) is 2.91. The molecule has 0 aromatic carbocycles. The summed E-state index contributed by atoms with van der Waals surface area (Å²) in [6.45, 7) is 9.85. The average Bonchev–Trinajstić information content (AvgIpc) is 2.43. The van der Waals surface area contributed by atoms with Crippen LogP contribution in [0.4, 0.5) is 0 Å². The molecule has 0 spiro atoms. The van der Waals surface area contributed by atoms with Crippen molar-refractivity contribution < 1.29 is 23.8 Å². The Morgan fingerprint density at radius 1 is 1.27 bits per heavy atom. The molecule has 0 saturated heterocycles. The highest BCUT2D eigenvalue weighted by atomic mass is 28.3. The molecule has 0 heterocycles. The van der Waals surface area contributed by atoms with E-state index in [0.717, 1.165) is 18.8 Å². The Labute approximate surface area is 135 Å². The average molecular weight is 330 g/mol. The number of aldehydes is 1. The number of carbonyl (C=O) groups excluding carboxylic acids is 2. The fraction of sp³-hybridized carbons (Fsp3) is 0.750. The van der Waals surface area contributed by atoms with Gasteiger partial charge in [-0.05, 0) is 32.2 Å². The first-order valence-electron chi connectivity index (χ1n) is 7.87. The third kappa shape index (κ3) is 14.0. The lowest BCUT2D eigenvalue weighted by atomic mass is 10.1. The highest BCUT2D eigenvalue weighted by Crippen LogP contribution is 2.08. The number of allylic oxidation sites excluding steroid dienone is 1. The molecule has 0 radical (unpaired) electrons. The van der Waals surface area contributed by atoms with Crippen molar-refractivity contribution in [1.82, 2.24) is 0 Å². The largest absolute Gasteiger partial charge is 0.463 e. The molecule has 0 aliphatic rings. The lowest BCUT2D eigenvalue weighted by Gasteiger charge is -2.16. The number of hydrogen-bond donors (Lipinski definition) is 0. The van der Waals surface area contributed by atoms with Crippen molar-refractivity contribution in [2.24, 2.45) is 0 Å². The summed E-state index contributed by atoms with van der Waals surface area (Å²) >= 11 is 0. The van der Waals surface area contributed by atoms with E-state index in [4.69, 9.17) is 14.2 Å². The van der Waals surface area contributed by atoms with Gasteiger partial charge in [0.15, 0.2) is 0 Å². The summed E-state index contributed by atoms with van der Waals surface area (Å²) in [5, 5.41) is 0. The van der Waals surface area contributed by atoms with Crippen molar-refractivity contribution in [1.29, 1.82) is 0 Å². The number of hydrogen-bond acceptors (Lipinski definition) is 5. The van der Waals surface area contributed by atoms with Gasteiger partial charge in [-0.2, -0.15) is 0 Å². The number of rotatable bonds is 13. The maximum absolute atomic E-state index is 11.1. The molecule has 0 aromatic heterocycles. The van der Waals surface area contributed by atoms with Gasteiger partial charge in [-0.3, -0.25) is 0 Å². The number of ether oxygens (including phenoxy) is 3. The molecule has 0 aliphatic heterocycles. The van der Waals surface area contributed by atoms with Crippen LogP contribution in [-0.2, 0) is 23.8 Å². The van der Waals surface area contributed by atoms with Crippen LogP contribution in [0.15, 0.2) is 12.2 Å². The van der Waals surface area contributed by atoms with Crippen LogP contribution in [0.3, 0.4) is 0 Å². The Morgan fingerprint density at radius 3 is 2.59 bits per heavy atom. The van der Waals surface area contributed by atoms with Crippen molar-refractivity contribution in [2.75, 3.05) is 20.0 Å². The number of esters is 1. The summed E-state index contributed by atoms with van der Waals surface area (Å²) in [5.74, 6) is -0.332. The first-order valence-corrected chi connectivity index (χ1v) is 11.6. The standard InChI is InChI=1S/C16H30O5Si/c1-5-20-16(18)10-8-6-7-9-15(13-17)21-14-19-11-12-22(2,3)4/h8,10,13,15H,5-7,9,11-12,14H2,1-4H3/t15-/m1/s1. The minimum atomic E-state index is -1.08. The second-order valence-corrected chi connectivity index (χ2v) is 11.9. The Bertz CT molecular complexity index is 336. The predicted octanol–water partition coefficient (Wildman–Crippen LogP) is 3.17. The van der Waals surface area contributed by atoms with Crippen molar-refractivity contribution in [3.8, 4) is 0 Å². The lowest BCUT2D eigenvalue weighted by Crippen LogP contribution is -2.23. The highest BCUT2D eigenvalue weighted by molar-refractivity contribution is 6.76. The van der Waals surface area contributed by atoms with Crippen LogP contribution in [0, 0.1) is 0 Å². The zero-order chi connectivity index (χ0) is 16.8. The van der Waals surface area contributed by atoms with Crippen molar-refractivity contribution in [3.63, 3.8) is 0 Å². The van der Waals surface area contributed by atoms with Gasteiger partial charge in [0.05, 0.1) is 6.61 Å². The van der Waals surface area contributed by atoms with Gasteiger partial charge < -0.3 is 19.0 Å². The third-order valence-corrected chi connectivity index (χ3v) is 4.62. The second kappa shape index (κ2) is 12.5. The zero-order valence-electron chi connectivity index (χ0n) is 14.3. The van der Waals surface area contributed by atoms with Gasteiger partial charge in [-0.1, -0.05) is 25.7 Å². The second-order valence-electron chi connectivity index (χ2n) is 6.26. The molecular weight excluding hydrogens is 300 g/mol. The van der Waals surface area contributed by atoms with Gasteiger partial charge in [0.25, 0.3) is 0 Å². The first kappa shape index (κ1) is 21.0. The van der Waals surface area contributed by atoms with Crippen LogP contribution < -0.4 is 0 Å². The van der Waals surface area contributed by atoms with Crippen molar-refractivity contribution in [3.05, 3.63) is 12.2 Å². The molecule has 0 fully saturated rings. The normalized spacial score (nSPS) is 13.3. The van der Waals surface area contributed by atoms with E-state index < -0.39 is 14.2 Å². The van der Waals surface area contributed by atoms with Gasteiger partial charge in [-0.15, -0.1) is 0 Å². The van der Waals surface area contributed by atoms with Crippen LogP contribution in [0.1, 0.15) is 26.2 Å². The Morgan fingerprint density at radius 2 is 2.00 bits per heavy atom. The molecule has 0 rings (SSSR count). The van der Waals surface area contributed by atoms with Gasteiger partial charge in [0.2, 0.25) is 0 Å². The molecule has 128 valence electrons. The molecule has 6 heteroatoms. The molecule has 0 aromatic rings. The van der Waals surface area contributed by atoms with Gasteiger partial charge in [0, 0.05) is 20.8 Å². The van der Waals surface area contributed by atoms with Gasteiger partial charge in [0.1, 0.15) is 19.2 Å². The van der Waals surface area contributed by atoms with E-state index in [-0.39, 0.29) is 12.8 Å². The fourth-order valence-corrected chi connectivity index (χ4v) is 2.33. The number of carbonyl (C=O) groups is 2. The molecule has 0 bridgehead atoms. The summed E-state index contributed by atoms with van der Waals surface area (Å²) in [6.07, 6.45) is 5.63. The molecule has 0 unspecified atom stereocenters. The summed E-state index contributed by atoms with van der Waals surface area (Å²) < 4.78 is 15.6. The fourth-order valence-electron chi connectivity index (χ4n) is 1.57. The number of unbranched alkanes of at least 4 members (excludes halogenated alkanes) is 1. The minimum absolute atomic E-state index is 0.159. The van der Waals surface area contributed by atoms with E-state index in [2.05, 4.69) is 19.6 Å². The zero-order valence-corrected chi connectivity index (χ0v) is 15.3. The van der Waals surface area contributed by atoms with Crippen LogP contribution in [0.5, 0.6) is 0 Å². The predicted molar refractivity (Wildman–Crippen MR) is 89.5 cm³/mol. The van der Waals surface area contributed by atoms with Crippen molar-refractivity contribution >= 4 is 20.3 Å². The minimum Gasteiger partial charge on any atom is -0.463 e. The van der Waals surface area contributed by atoms with E-state index in [0.29, 0.717) is 26.1 Å². The van der Waals surface area contributed by atoms with E-state index >= 15 is 0 Å². The highest BCUT2D eigenvalue weighted by Gasteiger charge is 2.12. The van der Waals surface area contributed by atoms with Crippen LogP contribution >= 0.6 is 0 Å². The van der Waals surface area contributed by atoms with E-state index in [1.165, 1.54) is 6.08 Å². The summed E-state index contributed by atoms with van der Waals surface area (Å²) in [5.41, 5.74) is 0. The van der Waals surface area contributed by atoms with Crippen LogP contribution in [0.2, 0.25) is 25.7 Å². The summed E-state index contributed by atoms with van der Waals surface area (Å²) in [7, 11) is -1.08. The molecule has 0 saturated carbocycles. The molecule has 0 N–H and O–H groups in total. The van der Waals surface area contributed by atoms with Crippen LogP contribution in [0.25, 0.3) is 0 Å². The smallest absolute Gasteiger partial charge is 0.330 e. The first-order chi connectivity index (χ1) is 10.4. The lowest BCUT2D eigenvalue weighted by molar-refractivity contribution is -0.137. The molecule has 0 aliphatic carbocycles. The Kier molecular flexibility index (Phi) is 12.0. The maximum atomic E-state index is 11.1. The maximum Gasteiger partial charge on any atom is 0.330 e. The van der Waals surface area contributed by atoms with E-state index in [1.54, 1.807) is 13.0 Å². The van der Waals surface area contributed by atoms with E-state index in [1.807, 2.05) is 0 Å². The molecule has 22 heavy (non-hydrogen) atoms. The topological polar surface area (TPSA) is 61.8 Å². The Balaban J connectivity index is 3.67. The quantitative estimate of drug-likeness (QED) is 0.130. The summed E-state index contributed by atoms with van der Waals surface area (Å²) in [4.78, 5) is 22.0. The monoisotopic (exact) mass is 330 g/mol. The van der Waals surface area contributed by atoms with Crippen LogP contribution in [-0.4, -0.2) is 46.4 Å². The molecule has 1 atom stereocenters. The van der Waals surface area contributed by atoms with Gasteiger partial charge in [-0.25, -0.2) is 4.79 Å².